The fraction of sp³-hybridized carbons (Fsp3) is 0.222. The zero-order chi connectivity index (χ0) is 23.1. The van der Waals surface area contributed by atoms with Crippen molar-refractivity contribution >= 4 is 40.7 Å². The second-order valence-electron chi connectivity index (χ2n) is 9.26. The van der Waals surface area contributed by atoms with E-state index in [-0.39, 0.29) is 23.6 Å². The van der Waals surface area contributed by atoms with Gasteiger partial charge in [-0.3, -0.25) is 19.3 Å². The van der Waals surface area contributed by atoms with E-state index in [2.05, 4.69) is 15.5 Å². The zero-order valence-corrected chi connectivity index (χ0v) is 19.0. The van der Waals surface area contributed by atoms with Crippen LogP contribution in [0.1, 0.15) is 21.5 Å². The molecular weight excluding hydrogens is 446 g/mol. The Labute approximate surface area is 200 Å². The molecule has 0 bridgehead atoms. The zero-order valence-electron chi connectivity index (χ0n) is 18.2. The van der Waals surface area contributed by atoms with Crippen LogP contribution in [0.5, 0.6) is 0 Å². The number of hydrogen-bond donors (Lipinski definition) is 2. The Kier molecular flexibility index (Phi) is 4.00. The van der Waals surface area contributed by atoms with Crippen molar-refractivity contribution in [2.45, 2.75) is 17.0 Å². The van der Waals surface area contributed by atoms with Crippen LogP contribution in [0.25, 0.3) is 0 Å². The van der Waals surface area contributed by atoms with Crippen molar-refractivity contribution < 1.29 is 14.4 Å². The molecule has 4 atom stereocenters. The Hall–Kier alpha value is -3.42. The lowest BCUT2D eigenvalue weighted by Gasteiger charge is -2.43. The first-order chi connectivity index (χ1) is 16.6. The van der Waals surface area contributed by atoms with Gasteiger partial charge in [-0.05, 0) is 17.7 Å². The second kappa shape index (κ2) is 6.81. The molecule has 168 valence electrons. The van der Waals surface area contributed by atoms with Gasteiger partial charge in [0.1, 0.15) is 11.0 Å². The molecule has 0 aromatic heterocycles. The highest BCUT2D eigenvalue weighted by Gasteiger charge is 2.81. The minimum absolute atomic E-state index is 0.0981. The number of anilines is 2. The highest BCUT2D eigenvalue weighted by atomic mass is 32.2. The van der Waals surface area contributed by atoms with Gasteiger partial charge >= 0.3 is 0 Å². The molecule has 2 fully saturated rings. The van der Waals surface area contributed by atoms with E-state index < -0.39 is 16.9 Å². The maximum absolute atomic E-state index is 14.3. The maximum Gasteiger partial charge on any atom is 0.251 e. The van der Waals surface area contributed by atoms with Crippen LogP contribution in [0, 0.1) is 5.92 Å². The van der Waals surface area contributed by atoms with E-state index in [1.165, 1.54) is 0 Å². The number of carbonyl (C=O) groups excluding carboxylic acids is 3. The van der Waals surface area contributed by atoms with E-state index in [9.17, 15) is 14.4 Å². The first kappa shape index (κ1) is 20.0. The van der Waals surface area contributed by atoms with Gasteiger partial charge in [-0.25, -0.2) is 0 Å². The number of carbonyl (C=O) groups is 3. The standard InChI is InChI=1S/C27H21N3O3S/c31-23(16-8-2-1-3-9-16)22-21-14-34-15-30(21)27(18-11-5-7-13-20(18)29-25(27)33)26(22)17-10-4-6-12-19(17)28-24(26)32/h1-13,21-22H,14-15H2,(H,28,32)(H,29,33)/t21-,22+,26-,27-/m1/s1. The van der Waals surface area contributed by atoms with Gasteiger partial charge in [0.25, 0.3) is 5.91 Å². The van der Waals surface area contributed by atoms with E-state index in [0.717, 1.165) is 11.1 Å². The van der Waals surface area contributed by atoms with E-state index in [1.54, 1.807) is 23.9 Å². The first-order valence-corrected chi connectivity index (χ1v) is 12.5. The number of ketones is 1. The van der Waals surface area contributed by atoms with Gasteiger partial charge in [-0.1, -0.05) is 66.7 Å². The largest absolute Gasteiger partial charge is 0.325 e. The van der Waals surface area contributed by atoms with Crippen molar-refractivity contribution in [3.8, 4) is 0 Å². The van der Waals surface area contributed by atoms with Crippen LogP contribution in [0.4, 0.5) is 11.4 Å². The van der Waals surface area contributed by atoms with E-state index >= 15 is 0 Å². The Balaban J connectivity index is 1.61. The van der Waals surface area contributed by atoms with Crippen LogP contribution >= 0.6 is 11.8 Å². The lowest BCUT2D eigenvalue weighted by molar-refractivity contribution is -0.137. The van der Waals surface area contributed by atoms with Crippen LogP contribution in [0.3, 0.4) is 0 Å². The minimum Gasteiger partial charge on any atom is -0.325 e. The summed E-state index contributed by atoms with van der Waals surface area (Å²) in [7, 11) is 0. The summed E-state index contributed by atoms with van der Waals surface area (Å²) in [4.78, 5) is 44.9. The number of hydrogen-bond acceptors (Lipinski definition) is 5. The van der Waals surface area contributed by atoms with Crippen molar-refractivity contribution in [3.63, 3.8) is 0 Å². The third kappa shape index (κ3) is 2.11. The molecule has 4 heterocycles. The van der Waals surface area contributed by atoms with Gasteiger partial charge in [-0.15, -0.1) is 11.8 Å². The molecule has 4 aliphatic rings. The highest BCUT2D eigenvalue weighted by molar-refractivity contribution is 7.99. The number of thioether (sulfide) groups is 1. The highest BCUT2D eigenvalue weighted by Crippen LogP contribution is 2.67. The van der Waals surface area contributed by atoms with Gasteiger partial charge in [0, 0.05) is 40.2 Å². The molecule has 2 spiro atoms. The molecule has 2 amide bonds. The normalized spacial score (nSPS) is 30.8. The number of benzene rings is 3. The number of nitrogens with zero attached hydrogens (tertiary/aromatic N) is 1. The quantitative estimate of drug-likeness (QED) is 0.563. The number of Topliss-reactive ketones (excluding diaryl/α,β-unsaturated/α-hetero) is 1. The summed E-state index contributed by atoms with van der Waals surface area (Å²) >= 11 is 1.71. The summed E-state index contributed by atoms with van der Waals surface area (Å²) in [6.45, 7) is 0. The molecule has 0 saturated carbocycles. The molecule has 3 aromatic carbocycles. The Morgan fingerprint density at radius 3 is 2.21 bits per heavy atom. The SMILES string of the molecule is O=C(c1ccccc1)[C@@H]1[C@H]2CSCN2[C@]2(C(=O)Nc3ccccc32)[C@@]12C(=O)Nc1ccccc12. The molecule has 7 rings (SSSR count). The Bertz CT molecular complexity index is 1390. The van der Waals surface area contributed by atoms with Gasteiger partial charge in [-0.2, -0.15) is 0 Å². The van der Waals surface area contributed by atoms with E-state index in [4.69, 9.17) is 0 Å². The number of rotatable bonds is 2. The Morgan fingerprint density at radius 2 is 1.44 bits per heavy atom. The summed E-state index contributed by atoms with van der Waals surface area (Å²) < 4.78 is 0. The van der Waals surface area contributed by atoms with E-state index in [0.29, 0.717) is 28.6 Å². The summed E-state index contributed by atoms with van der Waals surface area (Å²) in [5.74, 6) is -0.0880. The Morgan fingerprint density at radius 1 is 0.824 bits per heavy atom. The molecule has 2 N–H and O–H groups in total. The van der Waals surface area contributed by atoms with Crippen molar-refractivity contribution in [1.29, 1.82) is 0 Å². The number of nitrogens with one attached hydrogen (secondary N) is 2. The van der Waals surface area contributed by atoms with Crippen LogP contribution in [-0.4, -0.2) is 40.2 Å². The smallest absolute Gasteiger partial charge is 0.251 e. The third-order valence-electron chi connectivity index (χ3n) is 7.96. The van der Waals surface area contributed by atoms with Crippen molar-refractivity contribution in [1.82, 2.24) is 4.90 Å². The van der Waals surface area contributed by atoms with E-state index in [1.807, 2.05) is 66.7 Å². The maximum atomic E-state index is 14.3. The molecule has 4 aliphatic heterocycles. The number of amides is 2. The topological polar surface area (TPSA) is 78.5 Å². The summed E-state index contributed by atoms with van der Waals surface area (Å²) in [5.41, 5.74) is 0.715. The van der Waals surface area contributed by atoms with Gasteiger partial charge in [0.15, 0.2) is 5.78 Å². The lowest BCUT2D eigenvalue weighted by Crippen LogP contribution is -2.62. The summed E-state index contributed by atoms with van der Waals surface area (Å²) in [6, 6.07) is 24.0. The molecule has 6 nitrogen and oxygen atoms in total. The fourth-order valence-corrected chi connectivity index (χ4v) is 8.14. The van der Waals surface area contributed by atoms with Crippen molar-refractivity contribution in [2.24, 2.45) is 5.92 Å². The van der Waals surface area contributed by atoms with Crippen LogP contribution < -0.4 is 10.6 Å². The molecular formula is C27H21N3O3S. The molecule has 7 heteroatoms. The monoisotopic (exact) mass is 467 g/mol. The third-order valence-corrected chi connectivity index (χ3v) is 9.00. The van der Waals surface area contributed by atoms with Gasteiger partial charge in [0.2, 0.25) is 5.91 Å². The van der Waals surface area contributed by atoms with Crippen LogP contribution in [-0.2, 0) is 20.5 Å². The lowest BCUT2D eigenvalue weighted by atomic mass is 9.57. The summed E-state index contributed by atoms with van der Waals surface area (Å²) in [5, 5.41) is 6.12. The van der Waals surface area contributed by atoms with Crippen LogP contribution in [0.15, 0.2) is 78.9 Å². The molecule has 3 aromatic rings. The number of fused-ring (bicyclic) bond motifs is 7. The molecule has 0 aliphatic carbocycles. The average Bonchev–Trinajstić information content (AvgIpc) is 3.58. The molecule has 2 saturated heterocycles. The summed E-state index contributed by atoms with van der Waals surface area (Å²) in [6.07, 6.45) is 0. The average molecular weight is 468 g/mol. The predicted molar refractivity (Wildman–Crippen MR) is 131 cm³/mol. The second-order valence-corrected chi connectivity index (χ2v) is 10.3. The van der Waals surface area contributed by atoms with Crippen molar-refractivity contribution in [3.05, 3.63) is 95.6 Å². The van der Waals surface area contributed by atoms with Crippen molar-refractivity contribution in [2.75, 3.05) is 22.3 Å². The minimum atomic E-state index is -1.39. The van der Waals surface area contributed by atoms with Crippen LogP contribution in [0.2, 0.25) is 0 Å². The van der Waals surface area contributed by atoms with Gasteiger partial charge in [0.05, 0.1) is 5.92 Å². The molecule has 0 unspecified atom stereocenters. The predicted octanol–water partition coefficient (Wildman–Crippen LogP) is 3.61. The van der Waals surface area contributed by atoms with Gasteiger partial charge < -0.3 is 10.6 Å². The first-order valence-electron chi connectivity index (χ1n) is 11.4. The fourth-order valence-electron chi connectivity index (χ4n) is 6.84. The number of para-hydroxylation sites is 2. The molecule has 0 radical (unpaired) electrons. The molecule has 34 heavy (non-hydrogen) atoms.